The molecule has 6 nitrogen and oxygen atoms in total. The van der Waals surface area contributed by atoms with Gasteiger partial charge in [0.05, 0.1) is 0 Å². The first kappa shape index (κ1) is 13.4. The van der Waals surface area contributed by atoms with Crippen LogP contribution in [0, 0.1) is 0 Å². The molecular formula is C12H13N3O3S. The minimum absolute atomic E-state index is 0.216. The predicted molar refractivity (Wildman–Crippen MR) is 69.6 cm³/mol. The van der Waals surface area contributed by atoms with Crippen LogP contribution < -0.4 is 10.5 Å². The zero-order valence-electron chi connectivity index (χ0n) is 10.1. The summed E-state index contributed by atoms with van der Waals surface area (Å²) in [4.78, 5) is 10.6. The number of nitrogens with two attached hydrogens (primary N) is 1. The van der Waals surface area contributed by atoms with Crippen LogP contribution >= 0.6 is 11.8 Å². The lowest BCUT2D eigenvalue weighted by molar-refractivity contribution is -0.117. The highest BCUT2D eigenvalue weighted by molar-refractivity contribution is 7.99. The van der Waals surface area contributed by atoms with E-state index >= 15 is 0 Å². The second-order valence-corrected chi connectivity index (χ2v) is 4.67. The van der Waals surface area contributed by atoms with Crippen LogP contribution in [0.25, 0.3) is 0 Å². The molecule has 1 amide bonds. The summed E-state index contributed by atoms with van der Waals surface area (Å²) >= 11 is 1.29. The summed E-state index contributed by atoms with van der Waals surface area (Å²) in [5, 5.41) is 8.10. The molecule has 0 saturated heterocycles. The van der Waals surface area contributed by atoms with Gasteiger partial charge in [-0.25, -0.2) is 0 Å². The van der Waals surface area contributed by atoms with Crippen molar-refractivity contribution >= 4 is 17.7 Å². The van der Waals surface area contributed by atoms with E-state index in [1.165, 1.54) is 11.8 Å². The molecule has 1 aromatic heterocycles. The largest absolute Gasteiger partial charge is 0.484 e. The van der Waals surface area contributed by atoms with Gasteiger partial charge < -0.3 is 14.9 Å². The van der Waals surface area contributed by atoms with Gasteiger partial charge in [-0.2, -0.15) is 0 Å². The maximum absolute atomic E-state index is 10.6. The third kappa shape index (κ3) is 4.63. The van der Waals surface area contributed by atoms with E-state index in [0.717, 1.165) is 5.75 Å². The average Bonchev–Trinajstić information content (AvgIpc) is 2.85. The van der Waals surface area contributed by atoms with Crippen LogP contribution in [0.4, 0.5) is 0 Å². The Morgan fingerprint density at radius 2 is 2.11 bits per heavy atom. The average molecular weight is 279 g/mol. The van der Waals surface area contributed by atoms with Crippen molar-refractivity contribution in [3.05, 3.63) is 36.2 Å². The molecule has 0 aliphatic rings. The van der Waals surface area contributed by atoms with Crippen LogP contribution in [-0.2, 0) is 11.4 Å². The number of para-hydroxylation sites is 1. The maximum atomic E-state index is 10.6. The summed E-state index contributed by atoms with van der Waals surface area (Å²) in [7, 11) is 0. The molecule has 0 atom stereocenters. The van der Waals surface area contributed by atoms with Crippen molar-refractivity contribution in [2.24, 2.45) is 5.73 Å². The summed E-state index contributed by atoms with van der Waals surface area (Å²) in [6, 6.07) is 9.37. The highest BCUT2D eigenvalue weighted by atomic mass is 32.2. The van der Waals surface area contributed by atoms with Gasteiger partial charge >= 0.3 is 0 Å². The topological polar surface area (TPSA) is 91.2 Å². The molecule has 0 spiro atoms. The maximum Gasteiger partial charge on any atom is 0.276 e. The summed E-state index contributed by atoms with van der Waals surface area (Å²) in [6.07, 6.45) is 0.281. The number of ether oxygens (including phenoxy) is 1. The quantitative estimate of drug-likeness (QED) is 0.774. The third-order valence-electron chi connectivity index (χ3n) is 2.13. The van der Waals surface area contributed by atoms with Gasteiger partial charge in [0, 0.05) is 12.2 Å². The van der Waals surface area contributed by atoms with Gasteiger partial charge in [0.2, 0.25) is 5.91 Å². The minimum atomic E-state index is -0.348. The molecular weight excluding hydrogens is 266 g/mol. The molecule has 0 fully saturated rings. The van der Waals surface area contributed by atoms with Gasteiger partial charge in [0.15, 0.2) is 6.61 Å². The highest BCUT2D eigenvalue weighted by Crippen LogP contribution is 2.18. The Balaban J connectivity index is 1.79. The summed E-state index contributed by atoms with van der Waals surface area (Å²) in [6.45, 7) is 0.216. The zero-order chi connectivity index (χ0) is 13.5. The SMILES string of the molecule is NC(=O)CCSc1nnc(COc2ccccc2)o1. The molecule has 7 heteroatoms. The molecule has 2 rings (SSSR count). The van der Waals surface area contributed by atoms with Crippen LogP contribution in [0.2, 0.25) is 0 Å². The summed E-state index contributed by atoms with van der Waals surface area (Å²) < 4.78 is 10.8. The second-order valence-electron chi connectivity index (χ2n) is 3.63. The van der Waals surface area contributed by atoms with Crippen LogP contribution in [0.5, 0.6) is 5.75 Å². The summed E-state index contributed by atoms with van der Waals surface area (Å²) in [5.41, 5.74) is 5.04. The molecule has 1 aromatic carbocycles. The van der Waals surface area contributed by atoms with Gasteiger partial charge in [-0.1, -0.05) is 30.0 Å². The van der Waals surface area contributed by atoms with Crippen molar-refractivity contribution in [3.63, 3.8) is 0 Å². The second kappa shape index (κ2) is 6.79. The molecule has 1 heterocycles. The van der Waals surface area contributed by atoms with E-state index in [-0.39, 0.29) is 18.9 Å². The molecule has 2 N–H and O–H groups in total. The Bertz CT molecular complexity index is 530. The lowest BCUT2D eigenvalue weighted by atomic mass is 10.3. The van der Waals surface area contributed by atoms with Crippen molar-refractivity contribution in [3.8, 4) is 5.75 Å². The van der Waals surface area contributed by atoms with Crippen LogP contribution in [-0.4, -0.2) is 21.9 Å². The number of carbonyl (C=O) groups excluding carboxylic acids is 1. The monoisotopic (exact) mass is 279 g/mol. The Kier molecular flexibility index (Phi) is 4.79. The number of amides is 1. The lowest BCUT2D eigenvalue weighted by Crippen LogP contribution is -2.10. The molecule has 0 unspecified atom stereocenters. The fourth-order valence-electron chi connectivity index (χ4n) is 1.26. The fourth-order valence-corrected chi connectivity index (χ4v) is 1.99. The molecule has 100 valence electrons. The number of primary amides is 1. The molecule has 0 aliphatic carbocycles. The number of carbonyl (C=O) groups is 1. The molecule has 0 aliphatic heterocycles. The first-order chi connectivity index (χ1) is 9.24. The summed E-state index contributed by atoms with van der Waals surface area (Å²) in [5.74, 6) is 1.31. The predicted octanol–water partition coefficient (Wildman–Crippen LogP) is 1.62. The molecule has 19 heavy (non-hydrogen) atoms. The van der Waals surface area contributed by atoms with Crippen molar-refractivity contribution < 1.29 is 13.9 Å². The highest BCUT2D eigenvalue weighted by Gasteiger charge is 2.07. The number of nitrogens with zero attached hydrogens (tertiary/aromatic N) is 2. The smallest absolute Gasteiger partial charge is 0.276 e. The lowest BCUT2D eigenvalue weighted by Gasteiger charge is -2.01. The number of benzene rings is 1. The number of thioether (sulfide) groups is 1. The fraction of sp³-hybridized carbons (Fsp3) is 0.250. The van der Waals surface area contributed by atoms with Crippen LogP contribution in [0.1, 0.15) is 12.3 Å². The minimum Gasteiger partial charge on any atom is -0.484 e. The first-order valence-corrected chi connectivity index (χ1v) is 6.64. The van der Waals surface area contributed by atoms with E-state index in [0.29, 0.717) is 16.9 Å². The molecule has 0 bridgehead atoms. The standard InChI is InChI=1S/C12H13N3O3S/c13-10(16)6-7-19-12-15-14-11(18-12)8-17-9-4-2-1-3-5-9/h1-5H,6-8H2,(H2,13,16). The number of hydrogen-bond donors (Lipinski definition) is 1. The number of hydrogen-bond acceptors (Lipinski definition) is 6. The van der Waals surface area contributed by atoms with Gasteiger partial charge in [-0.15, -0.1) is 10.2 Å². The van der Waals surface area contributed by atoms with Crippen LogP contribution in [0.15, 0.2) is 40.0 Å². The van der Waals surface area contributed by atoms with E-state index in [1.54, 1.807) is 0 Å². The first-order valence-electron chi connectivity index (χ1n) is 5.65. The molecule has 0 radical (unpaired) electrons. The van der Waals surface area contributed by atoms with E-state index in [9.17, 15) is 4.79 Å². The van der Waals surface area contributed by atoms with Crippen molar-refractivity contribution in [1.29, 1.82) is 0 Å². The number of aromatic nitrogens is 2. The van der Waals surface area contributed by atoms with Gasteiger partial charge in [0.1, 0.15) is 5.75 Å². The van der Waals surface area contributed by atoms with Gasteiger partial charge in [-0.3, -0.25) is 4.79 Å². The Labute approximate surface area is 114 Å². The Morgan fingerprint density at radius 1 is 1.32 bits per heavy atom. The van der Waals surface area contributed by atoms with E-state index in [1.807, 2.05) is 30.3 Å². The number of rotatable bonds is 7. The molecule has 0 saturated carbocycles. The van der Waals surface area contributed by atoms with Crippen molar-refractivity contribution in [2.45, 2.75) is 18.3 Å². The Morgan fingerprint density at radius 3 is 2.84 bits per heavy atom. The Hall–Kier alpha value is -2.02. The zero-order valence-corrected chi connectivity index (χ0v) is 10.9. The van der Waals surface area contributed by atoms with E-state index < -0.39 is 0 Å². The van der Waals surface area contributed by atoms with Crippen molar-refractivity contribution in [2.75, 3.05) is 5.75 Å². The van der Waals surface area contributed by atoms with Gasteiger partial charge in [0.25, 0.3) is 11.1 Å². The van der Waals surface area contributed by atoms with Crippen molar-refractivity contribution in [1.82, 2.24) is 10.2 Å². The van der Waals surface area contributed by atoms with E-state index in [4.69, 9.17) is 14.9 Å². The van der Waals surface area contributed by atoms with E-state index in [2.05, 4.69) is 10.2 Å². The molecule has 2 aromatic rings. The third-order valence-corrected chi connectivity index (χ3v) is 2.95. The van der Waals surface area contributed by atoms with Gasteiger partial charge in [-0.05, 0) is 12.1 Å². The van der Waals surface area contributed by atoms with Crippen LogP contribution in [0.3, 0.4) is 0 Å². The normalized spacial score (nSPS) is 10.3.